The minimum Gasteiger partial charge on any atom is -0.475 e. The quantitative estimate of drug-likeness (QED) is 0.455. The highest BCUT2D eigenvalue weighted by molar-refractivity contribution is 7.15. The van der Waals surface area contributed by atoms with Crippen molar-refractivity contribution in [2.24, 2.45) is 5.92 Å². The molecular weight excluding hydrogens is 564 g/mol. The number of rotatable bonds is 4. The zero-order chi connectivity index (χ0) is 29.4. The van der Waals surface area contributed by atoms with Crippen LogP contribution in [0.25, 0.3) is 0 Å². The van der Waals surface area contributed by atoms with E-state index in [-0.39, 0.29) is 18.1 Å². The van der Waals surface area contributed by atoms with E-state index in [9.17, 15) is 31.1 Å². The van der Waals surface area contributed by atoms with Gasteiger partial charge in [-0.2, -0.15) is 26.3 Å². The molecule has 0 bridgehead atoms. The molecule has 0 aromatic carbocycles. The molecule has 0 aliphatic carbocycles. The summed E-state index contributed by atoms with van der Waals surface area (Å²) in [6.07, 6.45) is -5.13. The van der Waals surface area contributed by atoms with E-state index in [0.717, 1.165) is 41.6 Å². The van der Waals surface area contributed by atoms with Gasteiger partial charge in [0.25, 0.3) is 0 Å². The largest absolute Gasteiger partial charge is 0.490 e. The second-order valence-corrected chi connectivity index (χ2v) is 9.34. The lowest BCUT2D eigenvalue weighted by Gasteiger charge is -2.33. The first-order valence-corrected chi connectivity index (χ1v) is 11.9. The van der Waals surface area contributed by atoms with Gasteiger partial charge in [-0.05, 0) is 37.3 Å². The number of aromatic nitrogens is 3. The van der Waals surface area contributed by atoms with Crippen LogP contribution in [-0.4, -0.2) is 80.9 Å². The van der Waals surface area contributed by atoms with Crippen molar-refractivity contribution in [3.63, 3.8) is 0 Å². The van der Waals surface area contributed by atoms with Gasteiger partial charge < -0.3 is 25.2 Å². The summed E-state index contributed by atoms with van der Waals surface area (Å²) in [5.41, 5.74) is 0.990. The van der Waals surface area contributed by atoms with Gasteiger partial charge in [-0.1, -0.05) is 17.4 Å². The number of fused-ring (bicyclic) bond motifs is 1. The normalized spacial score (nSPS) is 20.5. The Kier molecular flexibility index (Phi) is 11.0. The van der Waals surface area contributed by atoms with Crippen molar-refractivity contribution in [1.82, 2.24) is 20.5 Å². The van der Waals surface area contributed by atoms with Gasteiger partial charge in [0, 0.05) is 32.0 Å². The molecule has 2 aromatic heterocycles. The first-order valence-electron chi connectivity index (χ1n) is 11.0. The molecule has 3 N–H and O–H groups in total. The molecule has 0 spiro atoms. The zero-order valence-corrected chi connectivity index (χ0v) is 20.9. The number of hydrogen-bond acceptors (Lipinski definition) is 9. The van der Waals surface area contributed by atoms with Crippen LogP contribution >= 0.6 is 11.3 Å². The van der Waals surface area contributed by atoms with E-state index >= 15 is 0 Å². The molecule has 0 saturated carbocycles. The van der Waals surface area contributed by atoms with Crippen molar-refractivity contribution in [1.29, 1.82) is 0 Å². The van der Waals surface area contributed by atoms with Crippen LogP contribution in [0.5, 0.6) is 0 Å². The zero-order valence-electron chi connectivity index (χ0n) is 20.1. The molecule has 4 rings (SSSR count). The number of amides is 1. The van der Waals surface area contributed by atoms with Crippen LogP contribution in [0.15, 0.2) is 24.5 Å². The predicted octanol–water partition coefficient (Wildman–Crippen LogP) is 2.81. The Hall–Kier alpha value is -3.54. The number of aliphatic carboxylic acids is 2. The highest BCUT2D eigenvalue weighted by atomic mass is 32.1. The SMILES string of the molecule is Cc1nnc(N2CC[C@H]3C[C@H](C(=O)NCc4cccnc4)O[C@@H]3C2)s1.O=C(O)C(F)(F)F.O=C(O)C(F)(F)F. The summed E-state index contributed by atoms with van der Waals surface area (Å²) in [5, 5.41) is 27.4. The number of nitrogens with zero attached hydrogens (tertiary/aromatic N) is 4. The maximum absolute atomic E-state index is 12.4. The Bertz CT molecular complexity index is 1090. The number of hydrogen-bond donors (Lipinski definition) is 3. The molecule has 2 aromatic rings. The number of piperidine rings is 1. The number of alkyl halides is 6. The van der Waals surface area contributed by atoms with Gasteiger partial charge in [-0.3, -0.25) is 9.78 Å². The van der Waals surface area contributed by atoms with E-state index < -0.39 is 24.3 Å². The number of halogens is 6. The van der Waals surface area contributed by atoms with Gasteiger partial charge in [-0.25, -0.2) is 9.59 Å². The summed E-state index contributed by atoms with van der Waals surface area (Å²) in [6.45, 7) is 4.18. The van der Waals surface area contributed by atoms with Crippen LogP contribution in [0.2, 0.25) is 0 Å². The number of nitrogens with one attached hydrogen (secondary N) is 1. The number of carbonyl (C=O) groups excluding carboxylic acids is 1. The fourth-order valence-corrected chi connectivity index (χ4v) is 4.22. The van der Waals surface area contributed by atoms with E-state index in [4.69, 9.17) is 24.5 Å². The second-order valence-electron chi connectivity index (χ2n) is 8.18. The van der Waals surface area contributed by atoms with Crippen molar-refractivity contribution >= 4 is 34.3 Å². The van der Waals surface area contributed by atoms with E-state index in [2.05, 4.69) is 25.4 Å². The molecule has 3 atom stereocenters. The summed E-state index contributed by atoms with van der Waals surface area (Å²) < 4.78 is 69.5. The number of aryl methyl sites for hydroxylation is 1. The molecule has 2 fully saturated rings. The minimum atomic E-state index is -5.08. The van der Waals surface area contributed by atoms with E-state index in [0.29, 0.717) is 12.5 Å². The van der Waals surface area contributed by atoms with Gasteiger partial charge in [0.2, 0.25) is 11.0 Å². The molecule has 0 unspecified atom stereocenters. The maximum Gasteiger partial charge on any atom is 0.490 e. The summed E-state index contributed by atoms with van der Waals surface area (Å²) in [7, 11) is 0. The lowest BCUT2D eigenvalue weighted by molar-refractivity contribution is -0.193. The average molecular weight is 587 g/mol. The van der Waals surface area contributed by atoms with Gasteiger partial charge in [0.05, 0.1) is 6.10 Å². The first-order chi connectivity index (χ1) is 18.1. The Morgan fingerprint density at radius 2 is 1.74 bits per heavy atom. The monoisotopic (exact) mass is 587 g/mol. The van der Waals surface area contributed by atoms with Crippen LogP contribution in [0.3, 0.4) is 0 Å². The lowest BCUT2D eigenvalue weighted by atomic mass is 9.92. The number of carboxylic acid groups (broad SMARTS) is 2. The number of ether oxygens (including phenoxy) is 1. The summed E-state index contributed by atoms with van der Waals surface area (Å²) in [5.74, 6) is -5.10. The molecule has 1 amide bonds. The standard InChI is InChI=1S/C17H21N5O2S.2C2HF3O2/c1-11-20-21-17(25-11)22-6-4-13-7-14(24-15(13)10-22)16(23)19-9-12-3-2-5-18-8-12;2*3-2(4,5)1(6)7/h2-3,5,8,13-15H,4,6-7,9-10H2,1H3,(H,19,23);2*(H,6,7)/t13-,14+,15+;;/m0../s1. The first kappa shape index (κ1) is 31.7. The van der Waals surface area contributed by atoms with Crippen LogP contribution in [0, 0.1) is 12.8 Å². The summed E-state index contributed by atoms with van der Waals surface area (Å²) in [6, 6.07) is 3.82. The molecule has 18 heteroatoms. The van der Waals surface area contributed by atoms with Gasteiger partial charge in [0.1, 0.15) is 11.1 Å². The molecule has 39 heavy (non-hydrogen) atoms. The third-order valence-electron chi connectivity index (χ3n) is 5.30. The van der Waals surface area contributed by atoms with Gasteiger partial charge >= 0.3 is 24.3 Å². The number of carboxylic acids is 2. The van der Waals surface area contributed by atoms with Crippen LogP contribution in [0.4, 0.5) is 31.5 Å². The maximum atomic E-state index is 12.4. The molecule has 4 heterocycles. The van der Waals surface area contributed by atoms with E-state index in [1.54, 1.807) is 23.7 Å². The van der Waals surface area contributed by atoms with Crippen LogP contribution in [-0.2, 0) is 25.7 Å². The minimum absolute atomic E-state index is 0.0310. The molecule has 0 radical (unpaired) electrons. The highest BCUT2D eigenvalue weighted by Gasteiger charge is 2.42. The van der Waals surface area contributed by atoms with Gasteiger partial charge in [-0.15, -0.1) is 10.2 Å². The molecule has 2 aliphatic rings. The lowest BCUT2D eigenvalue weighted by Crippen LogP contribution is -2.42. The fraction of sp³-hybridized carbons (Fsp3) is 0.524. The van der Waals surface area contributed by atoms with Crippen molar-refractivity contribution < 1.29 is 55.7 Å². The summed E-state index contributed by atoms with van der Waals surface area (Å²) in [4.78, 5) is 36.5. The average Bonchev–Trinajstić information content (AvgIpc) is 3.48. The van der Waals surface area contributed by atoms with E-state index in [1.807, 2.05) is 19.1 Å². The van der Waals surface area contributed by atoms with Crippen LogP contribution in [0.1, 0.15) is 23.4 Å². The second kappa shape index (κ2) is 13.5. The fourth-order valence-electron chi connectivity index (χ4n) is 3.49. The van der Waals surface area contributed by atoms with Crippen molar-refractivity contribution in [3.05, 3.63) is 35.1 Å². The molecule has 11 nitrogen and oxygen atoms in total. The topological polar surface area (TPSA) is 155 Å². The van der Waals surface area contributed by atoms with E-state index in [1.165, 1.54) is 0 Å². The van der Waals surface area contributed by atoms with Crippen molar-refractivity contribution in [2.45, 2.75) is 50.9 Å². The number of pyridine rings is 1. The van der Waals surface area contributed by atoms with Crippen LogP contribution < -0.4 is 10.2 Å². The van der Waals surface area contributed by atoms with Crippen molar-refractivity contribution in [2.75, 3.05) is 18.0 Å². The Morgan fingerprint density at radius 3 is 2.23 bits per heavy atom. The molecular formula is C21H23F6N5O6S. The Balaban J connectivity index is 0.000000317. The number of carbonyl (C=O) groups is 3. The third-order valence-corrected chi connectivity index (χ3v) is 6.20. The Morgan fingerprint density at radius 1 is 1.13 bits per heavy atom. The smallest absolute Gasteiger partial charge is 0.475 e. The molecule has 2 aliphatic heterocycles. The molecule has 216 valence electrons. The highest BCUT2D eigenvalue weighted by Crippen LogP contribution is 2.35. The van der Waals surface area contributed by atoms with Crippen molar-refractivity contribution in [3.8, 4) is 0 Å². The number of anilines is 1. The Labute approximate surface area is 220 Å². The third kappa shape index (κ3) is 10.3. The summed E-state index contributed by atoms with van der Waals surface area (Å²) >= 11 is 1.60. The molecule has 2 saturated heterocycles. The van der Waals surface area contributed by atoms with Gasteiger partial charge in [0.15, 0.2) is 0 Å². The predicted molar refractivity (Wildman–Crippen MR) is 122 cm³/mol.